The Hall–Kier alpha value is -1.55. The fourth-order valence-electron chi connectivity index (χ4n) is 2.13. The maximum Gasteiger partial charge on any atom is 0.165 e. The number of ether oxygens (including phenoxy) is 2. The van der Waals surface area contributed by atoms with Crippen LogP contribution >= 0.6 is 15.9 Å². The Morgan fingerprint density at radius 3 is 3.00 bits per heavy atom. The molecule has 1 aliphatic rings. The summed E-state index contributed by atoms with van der Waals surface area (Å²) in [5.74, 6) is 1.25. The molecule has 0 aliphatic carbocycles. The monoisotopic (exact) mass is 322 g/mol. The van der Waals surface area contributed by atoms with Crippen LogP contribution in [0.3, 0.4) is 0 Å². The fraction of sp³-hybridized carbons (Fsp3) is 0.200. The van der Waals surface area contributed by atoms with E-state index in [0.717, 1.165) is 27.8 Å². The fourth-order valence-corrected chi connectivity index (χ4v) is 2.64. The van der Waals surface area contributed by atoms with Gasteiger partial charge in [-0.15, -0.1) is 0 Å². The molecule has 98 valence electrons. The van der Waals surface area contributed by atoms with E-state index in [1.165, 1.54) is 12.1 Å². The zero-order valence-electron chi connectivity index (χ0n) is 10.2. The summed E-state index contributed by atoms with van der Waals surface area (Å²) in [4.78, 5) is 0. The molecule has 0 bridgehead atoms. The SMILES string of the molecule is Fc1cccc(COc2ccc(Br)c3c2OCC3)c1. The van der Waals surface area contributed by atoms with Gasteiger partial charge in [0.25, 0.3) is 0 Å². The molecule has 0 N–H and O–H groups in total. The van der Waals surface area contributed by atoms with Gasteiger partial charge in [-0.2, -0.15) is 0 Å². The Morgan fingerprint density at radius 1 is 1.26 bits per heavy atom. The Bertz CT molecular complexity index is 613. The summed E-state index contributed by atoms with van der Waals surface area (Å²) in [5.41, 5.74) is 1.94. The van der Waals surface area contributed by atoms with Gasteiger partial charge in [-0.1, -0.05) is 28.1 Å². The van der Waals surface area contributed by atoms with Gasteiger partial charge in [-0.3, -0.25) is 0 Å². The highest BCUT2D eigenvalue weighted by Gasteiger charge is 2.20. The van der Waals surface area contributed by atoms with Crippen molar-refractivity contribution < 1.29 is 13.9 Å². The summed E-state index contributed by atoms with van der Waals surface area (Å²) in [6.07, 6.45) is 0.882. The zero-order chi connectivity index (χ0) is 13.2. The van der Waals surface area contributed by atoms with Gasteiger partial charge in [0.15, 0.2) is 11.5 Å². The summed E-state index contributed by atoms with van der Waals surface area (Å²) in [6, 6.07) is 10.2. The molecule has 0 aromatic heterocycles. The lowest BCUT2D eigenvalue weighted by atomic mass is 10.1. The van der Waals surface area contributed by atoms with Crippen LogP contribution in [0.2, 0.25) is 0 Å². The second-order valence-corrected chi connectivity index (χ2v) is 5.22. The van der Waals surface area contributed by atoms with Crippen LogP contribution in [0.1, 0.15) is 11.1 Å². The van der Waals surface area contributed by atoms with Crippen molar-refractivity contribution in [1.82, 2.24) is 0 Å². The molecule has 0 saturated heterocycles. The molecule has 2 nitrogen and oxygen atoms in total. The van der Waals surface area contributed by atoms with E-state index in [2.05, 4.69) is 15.9 Å². The van der Waals surface area contributed by atoms with E-state index in [4.69, 9.17) is 9.47 Å². The smallest absolute Gasteiger partial charge is 0.165 e. The van der Waals surface area contributed by atoms with E-state index >= 15 is 0 Å². The van der Waals surface area contributed by atoms with E-state index in [1.54, 1.807) is 6.07 Å². The Kier molecular flexibility index (Phi) is 3.42. The topological polar surface area (TPSA) is 18.5 Å². The molecule has 0 saturated carbocycles. The lowest BCUT2D eigenvalue weighted by molar-refractivity contribution is 0.276. The van der Waals surface area contributed by atoms with Crippen molar-refractivity contribution in [1.29, 1.82) is 0 Å². The van der Waals surface area contributed by atoms with Gasteiger partial charge in [0.1, 0.15) is 12.4 Å². The average molecular weight is 323 g/mol. The molecule has 0 amide bonds. The minimum absolute atomic E-state index is 0.251. The molecular weight excluding hydrogens is 311 g/mol. The Balaban J connectivity index is 1.79. The van der Waals surface area contributed by atoms with E-state index in [9.17, 15) is 4.39 Å². The molecule has 3 rings (SSSR count). The summed E-state index contributed by atoms with van der Waals surface area (Å²) in [5, 5.41) is 0. The molecule has 1 heterocycles. The highest BCUT2D eigenvalue weighted by Crippen LogP contribution is 2.40. The molecule has 19 heavy (non-hydrogen) atoms. The Morgan fingerprint density at radius 2 is 2.16 bits per heavy atom. The quantitative estimate of drug-likeness (QED) is 0.847. The number of hydrogen-bond donors (Lipinski definition) is 0. The molecule has 0 spiro atoms. The molecule has 0 unspecified atom stereocenters. The summed E-state index contributed by atoms with van der Waals surface area (Å²) in [7, 11) is 0. The molecular formula is C15H12BrFO2. The first-order valence-electron chi connectivity index (χ1n) is 6.05. The van der Waals surface area contributed by atoms with Crippen molar-refractivity contribution in [2.45, 2.75) is 13.0 Å². The molecule has 2 aromatic rings. The molecule has 4 heteroatoms. The van der Waals surface area contributed by atoms with Crippen LogP contribution in [0.15, 0.2) is 40.9 Å². The first-order chi connectivity index (χ1) is 9.24. The van der Waals surface area contributed by atoms with Crippen LogP contribution in [-0.2, 0) is 13.0 Å². The zero-order valence-corrected chi connectivity index (χ0v) is 11.7. The number of rotatable bonds is 3. The average Bonchev–Trinajstić information content (AvgIpc) is 2.88. The van der Waals surface area contributed by atoms with Gasteiger partial charge in [-0.05, 0) is 29.8 Å². The van der Waals surface area contributed by atoms with Crippen LogP contribution in [0.4, 0.5) is 4.39 Å². The van der Waals surface area contributed by atoms with Crippen LogP contribution in [0.25, 0.3) is 0 Å². The largest absolute Gasteiger partial charge is 0.489 e. The van der Waals surface area contributed by atoms with Gasteiger partial charge >= 0.3 is 0 Å². The van der Waals surface area contributed by atoms with Crippen molar-refractivity contribution in [3.05, 3.63) is 57.8 Å². The molecule has 0 radical (unpaired) electrons. The number of hydrogen-bond acceptors (Lipinski definition) is 2. The third-order valence-electron chi connectivity index (χ3n) is 3.05. The highest BCUT2D eigenvalue weighted by molar-refractivity contribution is 9.10. The molecule has 0 fully saturated rings. The van der Waals surface area contributed by atoms with Crippen molar-refractivity contribution in [3.63, 3.8) is 0 Å². The van der Waals surface area contributed by atoms with Crippen molar-refractivity contribution in [2.75, 3.05) is 6.61 Å². The van der Waals surface area contributed by atoms with Gasteiger partial charge < -0.3 is 9.47 Å². The number of halogens is 2. The standard InChI is InChI=1S/C15H12BrFO2/c16-13-4-5-14(15-12(13)6-7-18-15)19-9-10-2-1-3-11(17)8-10/h1-5,8H,6-7,9H2. The summed E-state index contributed by atoms with van der Waals surface area (Å²) < 4.78 is 25.4. The second-order valence-electron chi connectivity index (χ2n) is 4.37. The maximum absolute atomic E-state index is 13.1. The maximum atomic E-state index is 13.1. The first kappa shape index (κ1) is 12.5. The third kappa shape index (κ3) is 2.59. The first-order valence-corrected chi connectivity index (χ1v) is 6.85. The second kappa shape index (κ2) is 5.21. The minimum atomic E-state index is -0.251. The van der Waals surface area contributed by atoms with Gasteiger partial charge in [0.05, 0.1) is 6.61 Å². The van der Waals surface area contributed by atoms with Crippen molar-refractivity contribution >= 4 is 15.9 Å². The van der Waals surface area contributed by atoms with E-state index < -0.39 is 0 Å². The van der Waals surface area contributed by atoms with Crippen LogP contribution < -0.4 is 9.47 Å². The van der Waals surface area contributed by atoms with E-state index in [0.29, 0.717) is 19.0 Å². The predicted molar refractivity (Wildman–Crippen MR) is 74.1 cm³/mol. The van der Waals surface area contributed by atoms with Crippen LogP contribution in [-0.4, -0.2) is 6.61 Å². The normalized spacial score (nSPS) is 12.9. The van der Waals surface area contributed by atoms with Crippen LogP contribution in [0.5, 0.6) is 11.5 Å². The van der Waals surface area contributed by atoms with Gasteiger partial charge in [0, 0.05) is 16.5 Å². The minimum Gasteiger partial charge on any atom is -0.489 e. The van der Waals surface area contributed by atoms with Crippen molar-refractivity contribution in [3.8, 4) is 11.5 Å². The molecule has 1 aliphatic heterocycles. The van der Waals surface area contributed by atoms with Crippen LogP contribution in [0, 0.1) is 5.82 Å². The third-order valence-corrected chi connectivity index (χ3v) is 3.79. The molecule has 2 aromatic carbocycles. The highest BCUT2D eigenvalue weighted by atomic mass is 79.9. The molecule has 0 atom stereocenters. The van der Waals surface area contributed by atoms with Gasteiger partial charge in [-0.25, -0.2) is 4.39 Å². The Labute approximate surface area is 119 Å². The summed E-state index contributed by atoms with van der Waals surface area (Å²) >= 11 is 3.50. The van der Waals surface area contributed by atoms with E-state index in [-0.39, 0.29) is 5.82 Å². The number of benzene rings is 2. The van der Waals surface area contributed by atoms with E-state index in [1.807, 2.05) is 18.2 Å². The lowest BCUT2D eigenvalue weighted by Crippen LogP contribution is -1.98. The summed E-state index contributed by atoms with van der Waals surface area (Å²) in [6.45, 7) is 1.00. The van der Waals surface area contributed by atoms with Gasteiger partial charge in [0.2, 0.25) is 0 Å². The number of fused-ring (bicyclic) bond motifs is 1. The predicted octanol–water partition coefficient (Wildman–Crippen LogP) is 4.10. The van der Waals surface area contributed by atoms with Crippen molar-refractivity contribution in [2.24, 2.45) is 0 Å². The lowest BCUT2D eigenvalue weighted by Gasteiger charge is -2.11.